The molecule has 6 heteroatoms. The minimum Gasteiger partial charge on any atom is -0.354 e. The van der Waals surface area contributed by atoms with Crippen LogP contribution in [0.3, 0.4) is 0 Å². The summed E-state index contributed by atoms with van der Waals surface area (Å²) >= 11 is 0. The molecule has 1 aromatic rings. The molecule has 1 aliphatic heterocycles. The van der Waals surface area contributed by atoms with Crippen LogP contribution in [0.4, 0.5) is 0 Å². The van der Waals surface area contributed by atoms with Crippen molar-refractivity contribution in [3.63, 3.8) is 0 Å². The Morgan fingerprint density at radius 1 is 1.29 bits per heavy atom. The van der Waals surface area contributed by atoms with Gasteiger partial charge in [-0.1, -0.05) is 24.3 Å². The van der Waals surface area contributed by atoms with Crippen LogP contribution in [0.25, 0.3) is 0 Å². The second-order valence-corrected chi connectivity index (χ2v) is 9.33. The number of rotatable bonds is 5. The fourth-order valence-electron chi connectivity index (χ4n) is 3.15. The van der Waals surface area contributed by atoms with Gasteiger partial charge in [0, 0.05) is 12.6 Å². The molecule has 3 rings (SSSR count). The van der Waals surface area contributed by atoms with Crippen LogP contribution >= 0.6 is 0 Å². The monoisotopic (exact) mass is 349 g/mol. The molecule has 1 aliphatic carbocycles. The van der Waals surface area contributed by atoms with Crippen molar-refractivity contribution in [2.24, 2.45) is 10.9 Å². The van der Waals surface area contributed by atoms with E-state index in [1.54, 1.807) is 0 Å². The number of benzene rings is 1. The van der Waals surface area contributed by atoms with Crippen LogP contribution < -0.4 is 10.6 Å². The van der Waals surface area contributed by atoms with Crippen LogP contribution in [0.5, 0.6) is 0 Å². The van der Waals surface area contributed by atoms with E-state index in [0.29, 0.717) is 18.3 Å². The van der Waals surface area contributed by atoms with Gasteiger partial charge in [0.2, 0.25) is 0 Å². The van der Waals surface area contributed by atoms with E-state index < -0.39 is 9.84 Å². The van der Waals surface area contributed by atoms with Crippen molar-refractivity contribution in [2.75, 3.05) is 18.1 Å². The van der Waals surface area contributed by atoms with E-state index in [2.05, 4.69) is 47.7 Å². The van der Waals surface area contributed by atoms with Gasteiger partial charge < -0.3 is 10.6 Å². The maximum absolute atomic E-state index is 11.6. The molecule has 1 saturated carbocycles. The molecule has 1 heterocycles. The lowest BCUT2D eigenvalue weighted by atomic mass is 10.0. The summed E-state index contributed by atoms with van der Waals surface area (Å²) in [6, 6.07) is 9.00. The summed E-state index contributed by atoms with van der Waals surface area (Å²) in [7, 11) is -2.84. The Kier molecular flexibility index (Phi) is 5.13. The van der Waals surface area contributed by atoms with Gasteiger partial charge in [0.1, 0.15) is 0 Å². The average Bonchev–Trinajstić information content (AvgIpc) is 3.27. The van der Waals surface area contributed by atoms with E-state index in [1.807, 2.05) is 6.07 Å². The zero-order valence-corrected chi connectivity index (χ0v) is 15.3. The summed E-state index contributed by atoms with van der Waals surface area (Å²) < 4.78 is 23.2. The highest BCUT2D eigenvalue weighted by molar-refractivity contribution is 7.91. The molecule has 5 nitrogen and oxygen atoms in total. The highest BCUT2D eigenvalue weighted by atomic mass is 32.2. The second-order valence-electron chi connectivity index (χ2n) is 7.10. The maximum Gasteiger partial charge on any atom is 0.191 e. The first-order valence-electron chi connectivity index (χ1n) is 8.76. The summed E-state index contributed by atoms with van der Waals surface area (Å²) in [4.78, 5) is 4.68. The third-order valence-electron chi connectivity index (χ3n) is 4.76. The number of hydrogen-bond acceptors (Lipinski definition) is 3. The van der Waals surface area contributed by atoms with Gasteiger partial charge in [-0.2, -0.15) is 0 Å². The fraction of sp³-hybridized carbons (Fsp3) is 0.611. The first-order chi connectivity index (χ1) is 11.4. The highest BCUT2D eigenvalue weighted by Gasteiger charge is 2.28. The smallest absolute Gasteiger partial charge is 0.191 e. The van der Waals surface area contributed by atoms with Crippen molar-refractivity contribution in [3.8, 4) is 0 Å². The molecule has 1 saturated heterocycles. The second kappa shape index (κ2) is 7.13. The molecular formula is C18H27N3O2S. The Hall–Kier alpha value is -1.56. The average molecular weight is 350 g/mol. The fourth-order valence-corrected chi connectivity index (χ4v) is 5.00. The van der Waals surface area contributed by atoms with Crippen molar-refractivity contribution < 1.29 is 8.42 Å². The van der Waals surface area contributed by atoms with Gasteiger partial charge in [-0.15, -0.1) is 0 Å². The van der Waals surface area contributed by atoms with Crippen LogP contribution in [0.15, 0.2) is 29.3 Å². The lowest BCUT2D eigenvalue weighted by molar-refractivity contribution is 0.587. The Morgan fingerprint density at radius 2 is 2.04 bits per heavy atom. The number of sulfone groups is 1. The summed E-state index contributed by atoms with van der Waals surface area (Å²) in [5.41, 5.74) is 2.51. The Bertz CT molecular complexity index is 711. The zero-order chi connectivity index (χ0) is 17.2. The van der Waals surface area contributed by atoms with E-state index >= 15 is 0 Å². The summed E-state index contributed by atoms with van der Waals surface area (Å²) in [5.74, 6) is 1.55. The Balaban J connectivity index is 1.65. The molecule has 24 heavy (non-hydrogen) atoms. The molecule has 2 fully saturated rings. The van der Waals surface area contributed by atoms with E-state index in [0.717, 1.165) is 12.4 Å². The lowest BCUT2D eigenvalue weighted by Crippen LogP contribution is -2.40. The number of aryl methyl sites for hydroxylation is 1. The molecule has 0 radical (unpaired) electrons. The Labute approximate surface area is 144 Å². The minimum absolute atomic E-state index is 0.154. The first-order valence-corrected chi connectivity index (χ1v) is 10.6. The first kappa shape index (κ1) is 17.3. The lowest BCUT2D eigenvalue weighted by Gasteiger charge is -2.20. The van der Waals surface area contributed by atoms with Crippen LogP contribution in [0, 0.1) is 12.8 Å². The molecule has 2 atom stereocenters. The van der Waals surface area contributed by atoms with Gasteiger partial charge in [-0.25, -0.2) is 8.42 Å². The van der Waals surface area contributed by atoms with Crippen LogP contribution in [-0.4, -0.2) is 38.5 Å². The van der Waals surface area contributed by atoms with Gasteiger partial charge in [-0.05, 0) is 50.2 Å². The van der Waals surface area contributed by atoms with E-state index in [1.165, 1.54) is 24.0 Å². The molecule has 132 valence electrons. The number of aliphatic imine (C=N–C) groups is 1. The number of nitrogens with zero attached hydrogens (tertiary/aromatic N) is 1. The van der Waals surface area contributed by atoms with Crippen molar-refractivity contribution in [2.45, 2.75) is 45.2 Å². The SMILES string of the molecule is Cc1ccccc1C(C)NC(=NCC1CCS(=O)(=O)C1)NC1CC1. The van der Waals surface area contributed by atoms with E-state index in [4.69, 9.17) is 0 Å². The van der Waals surface area contributed by atoms with Gasteiger partial charge in [0.25, 0.3) is 0 Å². The van der Waals surface area contributed by atoms with Gasteiger partial charge >= 0.3 is 0 Å². The zero-order valence-electron chi connectivity index (χ0n) is 14.5. The molecular weight excluding hydrogens is 322 g/mol. The third kappa shape index (κ3) is 4.72. The third-order valence-corrected chi connectivity index (χ3v) is 6.60. The number of nitrogens with one attached hydrogen (secondary N) is 2. The molecule has 2 N–H and O–H groups in total. The standard InChI is InChI=1S/C18H27N3O2S/c1-13-5-3-4-6-17(13)14(2)20-18(21-16-7-8-16)19-11-15-9-10-24(22,23)12-15/h3-6,14-16H,7-12H2,1-2H3,(H2,19,20,21). The molecule has 0 amide bonds. The van der Waals surface area contributed by atoms with E-state index in [-0.39, 0.29) is 17.7 Å². The van der Waals surface area contributed by atoms with E-state index in [9.17, 15) is 8.42 Å². The molecule has 2 unspecified atom stereocenters. The molecule has 2 aliphatic rings. The van der Waals surface area contributed by atoms with Crippen LogP contribution in [0.1, 0.15) is 43.4 Å². The molecule has 0 aromatic heterocycles. The summed E-state index contributed by atoms with van der Waals surface area (Å²) in [5, 5.41) is 6.92. The predicted octanol–water partition coefficient (Wildman–Crippen LogP) is 2.19. The van der Waals surface area contributed by atoms with Crippen molar-refractivity contribution in [1.82, 2.24) is 10.6 Å². The topological polar surface area (TPSA) is 70.6 Å². The summed E-state index contributed by atoms with van der Waals surface area (Å²) in [6.07, 6.45) is 3.09. The summed E-state index contributed by atoms with van der Waals surface area (Å²) in [6.45, 7) is 4.82. The number of guanidine groups is 1. The van der Waals surface area contributed by atoms with Crippen LogP contribution in [-0.2, 0) is 9.84 Å². The quantitative estimate of drug-likeness (QED) is 0.631. The molecule has 1 aromatic carbocycles. The largest absolute Gasteiger partial charge is 0.354 e. The number of hydrogen-bond donors (Lipinski definition) is 2. The van der Waals surface area contributed by atoms with Crippen molar-refractivity contribution in [1.29, 1.82) is 0 Å². The van der Waals surface area contributed by atoms with Crippen molar-refractivity contribution in [3.05, 3.63) is 35.4 Å². The predicted molar refractivity (Wildman–Crippen MR) is 98.0 cm³/mol. The maximum atomic E-state index is 11.6. The molecule has 0 bridgehead atoms. The minimum atomic E-state index is -2.84. The van der Waals surface area contributed by atoms with Gasteiger partial charge in [0.15, 0.2) is 15.8 Å². The van der Waals surface area contributed by atoms with Gasteiger partial charge in [0.05, 0.1) is 17.5 Å². The van der Waals surface area contributed by atoms with Gasteiger partial charge in [-0.3, -0.25) is 4.99 Å². The van der Waals surface area contributed by atoms with Crippen molar-refractivity contribution >= 4 is 15.8 Å². The molecule has 0 spiro atoms. The Morgan fingerprint density at radius 3 is 2.67 bits per heavy atom. The highest BCUT2D eigenvalue weighted by Crippen LogP contribution is 2.21. The van der Waals surface area contributed by atoms with Crippen LogP contribution in [0.2, 0.25) is 0 Å². The normalized spacial score (nSPS) is 24.6.